The predicted octanol–water partition coefficient (Wildman–Crippen LogP) is 2.41. The highest BCUT2D eigenvalue weighted by Crippen LogP contribution is 2.32. The van der Waals surface area contributed by atoms with Crippen molar-refractivity contribution >= 4 is 23.3 Å². The number of Topliss-reactive ketones (excluding diaryl/α,β-unsaturated/α-hetero) is 1. The molecule has 1 atom stereocenters. The first-order valence-corrected chi connectivity index (χ1v) is 7.88. The van der Waals surface area contributed by atoms with E-state index in [1.807, 2.05) is 19.0 Å². The predicted molar refractivity (Wildman–Crippen MR) is 92.5 cm³/mol. The van der Waals surface area contributed by atoms with E-state index in [2.05, 4.69) is 39.6 Å². The van der Waals surface area contributed by atoms with Crippen LogP contribution in [0.4, 0.5) is 11.6 Å². The highest BCUT2D eigenvalue weighted by atomic mass is 16.1. The second-order valence-corrected chi connectivity index (χ2v) is 6.25. The highest BCUT2D eigenvalue weighted by molar-refractivity contribution is 5.98. The highest BCUT2D eigenvalue weighted by Gasteiger charge is 2.28. The molecule has 1 aromatic carbocycles. The summed E-state index contributed by atoms with van der Waals surface area (Å²) < 4.78 is 0. The van der Waals surface area contributed by atoms with Gasteiger partial charge in [0.25, 0.3) is 0 Å². The van der Waals surface area contributed by atoms with E-state index < -0.39 is 0 Å². The molecule has 0 fully saturated rings. The zero-order valence-electron chi connectivity index (χ0n) is 14.0. The number of amides is 1. The van der Waals surface area contributed by atoms with Gasteiger partial charge in [0, 0.05) is 39.3 Å². The number of ketones is 1. The molecular weight excluding hydrogens is 304 g/mol. The van der Waals surface area contributed by atoms with Crippen LogP contribution in [0.25, 0.3) is 0 Å². The fourth-order valence-electron chi connectivity index (χ4n) is 2.94. The van der Waals surface area contributed by atoms with Gasteiger partial charge in [-0.25, -0.2) is 9.97 Å². The molecular formula is C18H20N4O2. The lowest BCUT2D eigenvalue weighted by molar-refractivity contribution is -0.114. The molecule has 1 aliphatic rings. The van der Waals surface area contributed by atoms with Crippen LogP contribution in [0, 0.1) is 0 Å². The van der Waals surface area contributed by atoms with Gasteiger partial charge >= 0.3 is 0 Å². The Morgan fingerprint density at radius 2 is 1.92 bits per heavy atom. The second-order valence-electron chi connectivity index (χ2n) is 6.25. The average Bonchev–Trinajstić information content (AvgIpc) is 2.54. The van der Waals surface area contributed by atoms with E-state index in [9.17, 15) is 9.59 Å². The zero-order chi connectivity index (χ0) is 17.3. The summed E-state index contributed by atoms with van der Waals surface area (Å²) in [5, 5.41) is 2.57. The molecule has 6 heteroatoms. The minimum Gasteiger partial charge on any atom is -0.378 e. The smallest absolute Gasteiger partial charge is 0.229 e. The Hall–Kier alpha value is -2.76. The molecule has 0 bridgehead atoms. The summed E-state index contributed by atoms with van der Waals surface area (Å²) in [6.07, 6.45) is 2.63. The third kappa shape index (κ3) is 3.27. The maximum Gasteiger partial charge on any atom is 0.229 e. The van der Waals surface area contributed by atoms with Gasteiger partial charge in [-0.3, -0.25) is 14.9 Å². The van der Waals surface area contributed by atoms with Gasteiger partial charge < -0.3 is 4.90 Å². The molecule has 1 aromatic heterocycles. The maximum atomic E-state index is 12.4. The first-order valence-electron chi connectivity index (χ1n) is 7.88. The van der Waals surface area contributed by atoms with Gasteiger partial charge in [-0.05, 0) is 30.0 Å². The molecule has 124 valence electrons. The number of carbonyl (C=O) groups is 2. The van der Waals surface area contributed by atoms with E-state index in [-0.39, 0.29) is 23.6 Å². The Labute approximate surface area is 140 Å². The summed E-state index contributed by atoms with van der Waals surface area (Å²) in [5.74, 6) is 0.166. The van der Waals surface area contributed by atoms with Crippen LogP contribution in [0.5, 0.6) is 0 Å². The van der Waals surface area contributed by atoms with E-state index in [1.165, 1.54) is 13.1 Å². The minimum absolute atomic E-state index is 0.0484. The van der Waals surface area contributed by atoms with Crippen molar-refractivity contribution in [3.05, 3.63) is 47.3 Å². The summed E-state index contributed by atoms with van der Waals surface area (Å²) >= 11 is 0. The van der Waals surface area contributed by atoms with E-state index in [0.717, 1.165) is 11.3 Å². The third-order valence-electron chi connectivity index (χ3n) is 4.21. The fraction of sp³-hybridized carbons (Fsp3) is 0.333. The van der Waals surface area contributed by atoms with E-state index in [1.54, 1.807) is 0 Å². The second kappa shape index (κ2) is 6.39. The molecule has 0 radical (unpaired) electrons. The lowest BCUT2D eigenvalue weighted by Crippen LogP contribution is -2.22. The summed E-state index contributed by atoms with van der Waals surface area (Å²) in [6.45, 7) is 1.41. The summed E-state index contributed by atoms with van der Waals surface area (Å²) in [4.78, 5) is 34.0. The number of rotatable bonds is 3. The molecule has 0 aliphatic heterocycles. The minimum atomic E-state index is -0.229. The standard InChI is InChI=1S/C18H20N4O2/c1-11(23)20-18-19-10-15-16(21-18)8-13(9-17(15)24)12-4-6-14(7-5-12)22(2)3/h4-7,10,13H,8-9H2,1-3H3,(H,19,20,21,23)/t13-/m0/s1. The quantitative estimate of drug-likeness (QED) is 0.938. The van der Waals surface area contributed by atoms with Gasteiger partial charge in [-0.1, -0.05) is 12.1 Å². The zero-order valence-corrected chi connectivity index (χ0v) is 14.0. The van der Waals surface area contributed by atoms with Crippen LogP contribution < -0.4 is 10.2 Å². The Balaban J connectivity index is 1.87. The number of fused-ring (bicyclic) bond motifs is 1. The van der Waals surface area contributed by atoms with Crippen LogP contribution in [0.3, 0.4) is 0 Å². The van der Waals surface area contributed by atoms with Gasteiger partial charge in [-0.2, -0.15) is 0 Å². The maximum absolute atomic E-state index is 12.4. The number of aromatic nitrogens is 2. The molecule has 2 aromatic rings. The Bertz CT molecular complexity index is 784. The topological polar surface area (TPSA) is 75.2 Å². The molecule has 3 rings (SSSR count). The first kappa shape index (κ1) is 16.1. The van der Waals surface area contributed by atoms with E-state index in [4.69, 9.17) is 0 Å². The van der Waals surface area contributed by atoms with Gasteiger partial charge in [0.1, 0.15) is 0 Å². The number of carbonyl (C=O) groups excluding carboxylic acids is 2. The SMILES string of the molecule is CC(=O)Nc1ncc2c(n1)C[C@H](c1ccc(N(C)C)cc1)CC2=O. The number of hydrogen-bond acceptors (Lipinski definition) is 5. The Kier molecular flexibility index (Phi) is 4.29. The molecule has 1 amide bonds. The van der Waals surface area contributed by atoms with Crippen molar-refractivity contribution in [3.8, 4) is 0 Å². The number of anilines is 2. The van der Waals surface area contributed by atoms with Crippen molar-refractivity contribution in [2.45, 2.75) is 25.7 Å². The van der Waals surface area contributed by atoms with E-state index >= 15 is 0 Å². The average molecular weight is 324 g/mol. The van der Waals surface area contributed by atoms with Gasteiger partial charge in [0.05, 0.1) is 11.3 Å². The summed E-state index contributed by atoms with van der Waals surface area (Å²) in [6, 6.07) is 8.23. The molecule has 1 heterocycles. The summed E-state index contributed by atoms with van der Waals surface area (Å²) in [5.41, 5.74) is 3.51. The number of hydrogen-bond donors (Lipinski definition) is 1. The molecule has 0 saturated heterocycles. The molecule has 1 N–H and O–H groups in total. The van der Waals surface area contributed by atoms with Crippen molar-refractivity contribution in [3.63, 3.8) is 0 Å². The normalized spacial score (nSPS) is 16.5. The van der Waals surface area contributed by atoms with Crippen LogP contribution in [0.15, 0.2) is 30.5 Å². The van der Waals surface area contributed by atoms with Crippen molar-refractivity contribution in [2.75, 3.05) is 24.3 Å². The van der Waals surface area contributed by atoms with Crippen LogP contribution >= 0.6 is 0 Å². The molecule has 0 unspecified atom stereocenters. The largest absolute Gasteiger partial charge is 0.378 e. The lowest BCUT2D eigenvalue weighted by atomic mass is 9.82. The van der Waals surface area contributed by atoms with Crippen LogP contribution in [0.2, 0.25) is 0 Å². The van der Waals surface area contributed by atoms with Crippen molar-refractivity contribution in [1.82, 2.24) is 9.97 Å². The van der Waals surface area contributed by atoms with Crippen molar-refractivity contribution < 1.29 is 9.59 Å². The van der Waals surface area contributed by atoms with Gasteiger partial charge in [0.15, 0.2) is 5.78 Å². The summed E-state index contributed by atoms with van der Waals surface area (Å²) in [7, 11) is 3.99. The van der Waals surface area contributed by atoms with Crippen molar-refractivity contribution in [2.24, 2.45) is 0 Å². The van der Waals surface area contributed by atoms with Crippen LogP contribution in [-0.2, 0) is 11.2 Å². The molecule has 0 saturated carbocycles. The van der Waals surface area contributed by atoms with Crippen LogP contribution in [0.1, 0.15) is 40.9 Å². The third-order valence-corrected chi connectivity index (χ3v) is 4.21. The van der Waals surface area contributed by atoms with Gasteiger partial charge in [-0.15, -0.1) is 0 Å². The van der Waals surface area contributed by atoms with Gasteiger partial charge in [0.2, 0.25) is 11.9 Å². The lowest BCUT2D eigenvalue weighted by Gasteiger charge is -2.24. The Morgan fingerprint density at radius 3 is 2.54 bits per heavy atom. The molecule has 0 spiro atoms. The van der Waals surface area contributed by atoms with Crippen LogP contribution in [-0.4, -0.2) is 35.8 Å². The molecule has 6 nitrogen and oxygen atoms in total. The number of nitrogens with zero attached hydrogens (tertiary/aromatic N) is 3. The molecule has 24 heavy (non-hydrogen) atoms. The van der Waals surface area contributed by atoms with E-state index in [0.29, 0.717) is 24.1 Å². The van der Waals surface area contributed by atoms with Crippen molar-refractivity contribution in [1.29, 1.82) is 0 Å². The number of nitrogens with one attached hydrogen (secondary N) is 1. The fourth-order valence-corrected chi connectivity index (χ4v) is 2.94. The molecule has 1 aliphatic carbocycles. The number of benzene rings is 1. The monoisotopic (exact) mass is 324 g/mol. The Morgan fingerprint density at radius 1 is 1.21 bits per heavy atom. The first-order chi connectivity index (χ1) is 11.4.